The lowest BCUT2D eigenvalue weighted by Crippen LogP contribution is -2.47. The minimum atomic E-state index is -0.540. The molecule has 1 saturated heterocycles. The van der Waals surface area contributed by atoms with Gasteiger partial charge in [0.1, 0.15) is 5.60 Å². The number of anilines is 2. The van der Waals surface area contributed by atoms with Gasteiger partial charge in [0.15, 0.2) is 5.75 Å². The predicted molar refractivity (Wildman–Crippen MR) is 153 cm³/mol. The van der Waals surface area contributed by atoms with Crippen LogP contribution in [0.1, 0.15) is 33.6 Å². The summed E-state index contributed by atoms with van der Waals surface area (Å²) in [7, 11) is 0. The normalized spacial score (nSPS) is 15.7. The Labute approximate surface area is 232 Å². The van der Waals surface area contributed by atoms with Crippen LogP contribution in [0.2, 0.25) is 5.02 Å². The number of ether oxygens (including phenoxy) is 2. The number of benzene rings is 2. The Bertz CT molecular complexity index is 1510. The monoisotopic (exact) mass is 546 g/mol. The van der Waals surface area contributed by atoms with Gasteiger partial charge in [-0.3, -0.25) is 0 Å². The Balaban J connectivity index is 1.38. The molecule has 0 bridgehead atoms. The van der Waals surface area contributed by atoms with Gasteiger partial charge in [-0.25, -0.2) is 19.7 Å². The van der Waals surface area contributed by atoms with Crippen LogP contribution in [0.5, 0.6) is 11.6 Å². The van der Waals surface area contributed by atoms with E-state index in [-0.39, 0.29) is 12.1 Å². The van der Waals surface area contributed by atoms with E-state index in [0.29, 0.717) is 52.6 Å². The van der Waals surface area contributed by atoms with Gasteiger partial charge in [0.05, 0.1) is 16.3 Å². The second kappa shape index (κ2) is 10.9. The first-order valence-corrected chi connectivity index (χ1v) is 13.2. The van der Waals surface area contributed by atoms with E-state index in [2.05, 4.69) is 15.3 Å². The highest BCUT2D eigenvalue weighted by atomic mass is 35.5. The van der Waals surface area contributed by atoms with Crippen molar-refractivity contribution in [2.75, 3.05) is 24.1 Å². The van der Waals surface area contributed by atoms with Crippen molar-refractivity contribution < 1.29 is 14.3 Å². The van der Waals surface area contributed by atoms with E-state index in [0.717, 1.165) is 23.6 Å². The second-order valence-electron chi connectivity index (χ2n) is 10.5. The molecule has 1 aliphatic rings. The van der Waals surface area contributed by atoms with Gasteiger partial charge in [0, 0.05) is 48.0 Å². The third-order valence-corrected chi connectivity index (χ3v) is 6.60. The highest BCUT2D eigenvalue weighted by molar-refractivity contribution is 6.33. The fraction of sp³-hybridized carbons (Fsp3) is 0.310. The van der Waals surface area contributed by atoms with Crippen LogP contribution in [0, 0.1) is 0 Å². The molecule has 0 saturated carbocycles. The number of carbonyl (C=O) groups is 1. The lowest BCUT2D eigenvalue weighted by molar-refractivity contribution is 0.0206. The third kappa shape index (κ3) is 6.15. The number of amides is 1. The Morgan fingerprint density at radius 3 is 2.74 bits per heavy atom. The zero-order valence-electron chi connectivity index (χ0n) is 22.1. The topological polar surface area (TPSA) is 115 Å². The number of nitrogens with zero attached hydrogens (tertiary/aromatic N) is 4. The average molecular weight is 547 g/mol. The van der Waals surface area contributed by atoms with Crippen LogP contribution in [-0.2, 0) is 4.74 Å². The van der Waals surface area contributed by atoms with Crippen LogP contribution in [0.15, 0.2) is 60.9 Å². The smallest absolute Gasteiger partial charge is 0.410 e. The Hall–Kier alpha value is -4.11. The van der Waals surface area contributed by atoms with Crippen LogP contribution in [0.4, 0.5) is 16.4 Å². The molecule has 0 spiro atoms. The molecule has 0 unspecified atom stereocenters. The molecule has 9 nitrogen and oxygen atoms in total. The molecule has 5 rings (SSSR count). The minimum Gasteiger partial charge on any atom is -0.444 e. The number of fused-ring (bicyclic) bond motifs is 1. The van der Waals surface area contributed by atoms with Crippen molar-refractivity contribution in [1.29, 1.82) is 0 Å². The number of rotatable bonds is 5. The number of halogens is 1. The zero-order chi connectivity index (χ0) is 27.6. The van der Waals surface area contributed by atoms with E-state index < -0.39 is 5.60 Å². The number of carbonyl (C=O) groups excluding carboxylic acids is 1. The van der Waals surface area contributed by atoms with E-state index >= 15 is 0 Å². The molecule has 10 heteroatoms. The molecule has 4 aromatic rings. The lowest BCUT2D eigenvalue weighted by Gasteiger charge is -2.34. The molecule has 3 heterocycles. The SMILES string of the molecule is CC(C)(C)OC(=O)N1CCC[C@H](Nc2nccc(-c3cccnc3Oc3c(Cl)ccc4c(N)cccc34)n2)C1. The van der Waals surface area contributed by atoms with Crippen molar-refractivity contribution in [3.05, 3.63) is 65.9 Å². The summed E-state index contributed by atoms with van der Waals surface area (Å²) in [6.07, 6.45) is 4.76. The summed E-state index contributed by atoms with van der Waals surface area (Å²) in [4.78, 5) is 27.9. The largest absolute Gasteiger partial charge is 0.444 e. The number of nitrogens with two attached hydrogens (primary N) is 1. The van der Waals surface area contributed by atoms with Gasteiger partial charge in [0.2, 0.25) is 11.8 Å². The van der Waals surface area contributed by atoms with Crippen LogP contribution in [-0.4, -0.2) is 50.7 Å². The molecule has 1 amide bonds. The molecule has 0 aliphatic carbocycles. The molecule has 3 N–H and O–H groups in total. The summed E-state index contributed by atoms with van der Waals surface area (Å²) < 4.78 is 11.8. The molecule has 2 aromatic heterocycles. The van der Waals surface area contributed by atoms with E-state index in [1.165, 1.54) is 0 Å². The average Bonchev–Trinajstić information content (AvgIpc) is 2.90. The predicted octanol–water partition coefficient (Wildman–Crippen LogP) is 6.53. The number of piperidine rings is 1. The summed E-state index contributed by atoms with van der Waals surface area (Å²) >= 11 is 6.54. The van der Waals surface area contributed by atoms with E-state index in [1.807, 2.05) is 57.2 Å². The van der Waals surface area contributed by atoms with E-state index in [4.69, 9.17) is 31.8 Å². The summed E-state index contributed by atoms with van der Waals surface area (Å²) in [6, 6.07) is 14.7. The van der Waals surface area contributed by atoms with Crippen molar-refractivity contribution in [3.8, 4) is 22.9 Å². The molecular weight excluding hydrogens is 516 g/mol. The Kier molecular flexibility index (Phi) is 7.43. The summed E-state index contributed by atoms with van der Waals surface area (Å²) in [5, 5.41) is 5.46. The highest BCUT2D eigenvalue weighted by Crippen LogP contribution is 2.40. The standard InChI is InChI=1S/C29H31ClN6O3/c1-29(2,3)39-28(37)36-16-6-7-18(17-36)34-27-33-15-13-24(35-27)21-9-5-14-32-26(21)38-25-20-8-4-10-23(31)19(20)11-12-22(25)30/h4-5,8-15,18H,6-7,16-17,31H2,1-3H3,(H,33,34,35)/t18-/m0/s1. The zero-order valence-corrected chi connectivity index (χ0v) is 22.9. The number of aromatic nitrogens is 3. The number of hydrogen-bond donors (Lipinski definition) is 2. The number of nitrogens with one attached hydrogen (secondary N) is 1. The molecule has 0 radical (unpaired) electrons. The first-order valence-electron chi connectivity index (χ1n) is 12.9. The van der Waals surface area contributed by atoms with Gasteiger partial charge in [-0.1, -0.05) is 29.8 Å². The van der Waals surface area contributed by atoms with Crippen molar-refractivity contribution in [1.82, 2.24) is 19.9 Å². The van der Waals surface area contributed by atoms with Gasteiger partial charge in [-0.05, 0) is 63.9 Å². The molecule has 202 valence electrons. The Morgan fingerprint density at radius 2 is 1.92 bits per heavy atom. The maximum Gasteiger partial charge on any atom is 0.410 e. The highest BCUT2D eigenvalue weighted by Gasteiger charge is 2.28. The number of pyridine rings is 1. The van der Waals surface area contributed by atoms with Crippen LogP contribution >= 0.6 is 11.6 Å². The fourth-order valence-corrected chi connectivity index (χ4v) is 4.75. The van der Waals surface area contributed by atoms with Gasteiger partial charge >= 0.3 is 6.09 Å². The maximum absolute atomic E-state index is 12.6. The summed E-state index contributed by atoms with van der Waals surface area (Å²) in [5.41, 5.74) is 7.57. The molecular formula is C29H31ClN6O3. The van der Waals surface area contributed by atoms with Crippen molar-refractivity contribution in [3.63, 3.8) is 0 Å². The summed E-state index contributed by atoms with van der Waals surface area (Å²) in [5.74, 6) is 1.28. The molecule has 1 aliphatic heterocycles. The molecule has 1 atom stereocenters. The van der Waals surface area contributed by atoms with Gasteiger partial charge in [0.25, 0.3) is 0 Å². The number of hydrogen-bond acceptors (Lipinski definition) is 8. The quantitative estimate of drug-likeness (QED) is 0.271. The second-order valence-corrected chi connectivity index (χ2v) is 10.9. The fourth-order valence-electron chi connectivity index (χ4n) is 4.54. The van der Waals surface area contributed by atoms with Crippen molar-refractivity contribution in [2.24, 2.45) is 0 Å². The van der Waals surface area contributed by atoms with Crippen LogP contribution in [0.25, 0.3) is 22.0 Å². The molecule has 2 aromatic carbocycles. The van der Waals surface area contributed by atoms with Crippen LogP contribution in [0.3, 0.4) is 0 Å². The lowest BCUT2D eigenvalue weighted by atomic mass is 10.1. The maximum atomic E-state index is 12.6. The minimum absolute atomic E-state index is 0.00825. The number of nitrogen functional groups attached to an aromatic ring is 1. The van der Waals surface area contributed by atoms with Gasteiger partial charge in [-0.2, -0.15) is 0 Å². The van der Waals surface area contributed by atoms with Gasteiger partial charge < -0.3 is 25.4 Å². The molecule has 1 fully saturated rings. The van der Waals surface area contributed by atoms with Crippen molar-refractivity contribution >= 4 is 40.1 Å². The first-order chi connectivity index (χ1) is 18.7. The Morgan fingerprint density at radius 1 is 1.08 bits per heavy atom. The van der Waals surface area contributed by atoms with Gasteiger partial charge in [-0.15, -0.1) is 0 Å². The van der Waals surface area contributed by atoms with Crippen LogP contribution < -0.4 is 15.8 Å². The van der Waals surface area contributed by atoms with E-state index in [9.17, 15) is 4.79 Å². The third-order valence-electron chi connectivity index (χ3n) is 6.31. The number of likely N-dealkylation sites (tertiary alicyclic amines) is 1. The summed E-state index contributed by atoms with van der Waals surface area (Å²) in [6.45, 7) is 6.76. The van der Waals surface area contributed by atoms with Crippen molar-refractivity contribution in [2.45, 2.75) is 45.3 Å². The molecule has 39 heavy (non-hydrogen) atoms. The van der Waals surface area contributed by atoms with E-state index in [1.54, 1.807) is 29.4 Å². The first kappa shape index (κ1) is 26.5.